The van der Waals surface area contributed by atoms with E-state index >= 15 is 0 Å². The molecular weight excluding hydrogens is 216 g/mol. The van der Waals surface area contributed by atoms with Crippen LogP contribution in [0, 0.1) is 5.92 Å². The Kier molecular flexibility index (Phi) is 6.52. The van der Waals surface area contributed by atoms with Gasteiger partial charge in [0.05, 0.1) is 6.10 Å². The van der Waals surface area contributed by atoms with Crippen LogP contribution >= 0.6 is 0 Å². The quantitative estimate of drug-likeness (QED) is 0.690. The van der Waals surface area contributed by atoms with Gasteiger partial charge in [0.2, 0.25) is 5.91 Å². The second-order valence-corrected chi connectivity index (χ2v) is 5.06. The first-order chi connectivity index (χ1) is 8.15. The smallest absolute Gasteiger partial charge is 0.222 e. The van der Waals surface area contributed by atoms with Crippen molar-refractivity contribution < 1.29 is 9.53 Å². The first kappa shape index (κ1) is 14.5. The highest BCUT2D eigenvalue weighted by atomic mass is 16.5. The van der Waals surface area contributed by atoms with Gasteiger partial charge in [0.25, 0.3) is 0 Å². The Bertz CT molecular complexity index is 231. The Hall–Kier alpha value is -0.610. The van der Waals surface area contributed by atoms with Crippen molar-refractivity contribution in [2.75, 3.05) is 20.2 Å². The Morgan fingerprint density at radius 2 is 2.00 bits per heavy atom. The summed E-state index contributed by atoms with van der Waals surface area (Å²) in [5, 5.41) is 6.39. The maximum Gasteiger partial charge on any atom is 0.222 e. The molecule has 1 saturated carbocycles. The Balaban J connectivity index is 2.14. The lowest BCUT2D eigenvalue weighted by molar-refractivity contribution is -0.123. The molecule has 0 radical (unpaired) electrons. The number of hydrogen-bond donors (Lipinski definition) is 2. The molecule has 2 atom stereocenters. The van der Waals surface area contributed by atoms with Gasteiger partial charge in [-0.3, -0.25) is 4.79 Å². The summed E-state index contributed by atoms with van der Waals surface area (Å²) in [6.45, 7) is 5.34. The van der Waals surface area contributed by atoms with E-state index in [-0.39, 0.29) is 11.8 Å². The zero-order chi connectivity index (χ0) is 12.7. The molecule has 0 heterocycles. The fourth-order valence-corrected chi connectivity index (χ4v) is 2.26. The number of ether oxygens (including phenoxy) is 1. The molecule has 0 aromatic carbocycles. The highest BCUT2D eigenvalue weighted by Gasteiger charge is 2.23. The van der Waals surface area contributed by atoms with Crippen LogP contribution in [0.5, 0.6) is 0 Å². The Morgan fingerprint density at radius 3 is 2.65 bits per heavy atom. The van der Waals surface area contributed by atoms with E-state index in [0.717, 1.165) is 13.0 Å². The van der Waals surface area contributed by atoms with Crippen molar-refractivity contribution in [2.45, 2.75) is 51.7 Å². The SMILES string of the molecule is COC1CCCCC1NCCNC(=O)C(C)C. The van der Waals surface area contributed by atoms with E-state index in [1.54, 1.807) is 7.11 Å². The van der Waals surface area contributed by atoms with Crippen molar-refractivity contribution >= 4 is 5.91 Å². The molecule has 1 rings (SSSR count). The standard InChI is InChI=1S/C13H26N2O2/c1-10(2)13(16)15-9-8-14-11-6-4-5-7-12(11)17-3/h10-12,14H,4-9H2,1-3H3,(H,15,16). The van der Waals surface area contributed by atoms with Crippen LogP contribution in [0.15, 0.2) is 0 Å². The number of rotatable bonds is 6. The molecule has 100 valence electrons. The molecule has 1 amide bonds. The zero-order valence-corrected chi connectivity index (χ0v) is 11.3. The fourth-order valence-electron chi connectivity index (χ4n) is 2.26. The van der Waals surface area contributed by atoms with E-state index in [4.69, 9.17) is 4.74 Å². The average Bonchev–Trinajstić information content (AvgIpc) is 2.34. The number of hydrogen-bond acceptors (Lipinski definition) is 3. The van der Waals surface area contributed by atoms with Crippen molar-refractivity contribution in [2.24, 2.45) is 5.92 Å². The summed E-state index contributed by atoms with van der Waals surface area (Å²) in [4.78, 5) is 11.4. The topological polar surface area (TPSA) is 50.4 Å². The van der Waals surface area contributed by atoms with Crippen molar-refractivity contribution in [3.8, 4) is 0 Å². The van der Waals surface area contributed by atoms with Gasteiger partial charge in [-0.15, -0.1) is 0 Å². The molecule has 0 bridgehead atoms. The third-order valence-corrected chi connectivity index (χ3v) is 3.36. The number of carbonyl (C=O) groups excluding carboxylic acids is 1. The molecule has 1 aliphatic carbocycles. The minimum absolute atomic E-state index is 0.0661. The van der Waals surface area contributed by atoms with Crippen LogP contribution < -0.4 is 10.6 Å². The van der Waals surface area contributed by atoms with Gasteiger partial charge in [-0.05, 0) is 12.8 Å². The van der Waals surface area contributed by atoms with Crippen LogP contribution in [0.4, 0.5) is 0 Å². The number of nitrogens with one attached hydrogen (secondary N) is 2. The number of amides is 1. The third-order valence-electron chi connectivity index (χ3n) is 3.36. The van der Waals surface area contributed by atoms with Crippen molar-refractivity contribution in [1.29, 1.82) is 0 Å². The lowest BCUT2D eigenvalue weighted by Gasteiger charge is -2.31. The highest BCUT2D eigenvalue weighted by Crippen LogP contribution is 2.20. The molecule has 2 N–H and O–H groups in total. The van der Waals surface area contributed by atoms with Crippen LogP contribution in [-0.2, 0) is 9.53 Å². The minimum Gasteiger partial charge on any atom is -0.380 e. The Morgan fingerprint density at radius 1 is 1.29 bits per heavy atom. The first-order valence-corrected chi connectivity index (χ1v) is 6.69. The molecule has 1 aliphatic rings. The molecule has 4 heteroatoms. The van der Waals surface area contributed by atoms with E-state index in [9.17, 15) is 4.79 Å². The molecule has 0 saturated heterocycles. The molecule has 0 spiro atoms. The van der Waals surface area contributed by atoms with Gasteiger partial charge in [0, 0.05) is 32.2 Å². The fraction of sp³-hybridized carbons (Fsp3) is 0.923. The molecule has 0 aromatic heterocycles. The van der Waals surface area contributed by atoms with Gasteiger partial charge >= 0.3 is 0 Å². The summed E-state index contributed by atoms with van der Waals surface area (Å²) in [5.41, 5.74) is 0. The van der Waals surface area contributed by atoms with Gasteiger partial charge in [-0.25, -0.2) is 0 Å². The predicted octanol–water partition coefficient (Wildman–Crippen LogP) is 1.31. The molecular formula is C13H26N2O2. The summed E-state index contributed by atoms with van der Waals surface area (Å²) in [7, 11) is 1.78. The normalized spacial score (nSPS) is 24.9. The summed E-state index contributed by atoms with van der Waals surface area (Å²) >= 11 is 0. The van der Waals surface area contributed by atoms with E-state index in [0.29, 0.717) is 18.7 Å². The van der Waals surface area contributed by atoms with E-state index in [2.05, 4.69) is 10.6 Å². The second kappa shape index (κ2) is 7.67. The van der Waals surface area contributed by atoms with Gasteiger partial charge in [0.15, 0.2) is 0 Å². The zero-order valence-electron chi connectivity index (χ0n) is 11.3. The van der Waals surface area contributed by atoms with E-state index in [1.807, 2.05) is 13.8 Å². The second-order valence-electron chi connectivity index (χ2n) is 5.06. The summed E-state index contributed by atoms with van der Waals surface area (Å²) in [6, 6.07) is 0.449. The van der Waals surface area contributed by atoms with Crippen molar-refractivity contribution in [3.63, 3.8) is 0 Å². The highest BCUT2D eigenvalue weighted by molar-refractivity contribution is 5.77. The number of methoxy groups -OCH3 is 1. The van der Waals surface area contributed by atoms with Gasteiger partial charge in [-0.1, -0.05) is 26.7 Å². The third kappa shape index (κ3) is 5.04. The largest absolute Gasteiger partial charge is 0.380 e. The number of carbonyl (C=O) groups is 1. The molecule has 0 aromatic rings. The van der Waals surface area contributed by atoms with Crippen molar-refractivity contribution in [1.82, 2.24) is 10.6 Å². The lowest BCUT2D eigenvalue weighted by Crippen LogP contribution is -2.46. The van der Waals surface area contributed by atoms with Crippen LogP contribution in [0.25, 0.3) is 0 Å². The van der Waals surface area contributed by atoms with Gasteiger partial charge in [0.1, 0.15) is 0 Å². The molecule has 17 heavy (non-hydrogen) atoms. The molecule has 4 nitrogen and oxygen atoms in total. The molecule has 2 unspecified atom stereocenters. The summed E-state index contributed by atoms with van der Waals surface area (Å²) < 4.78 is 5.47. The van der Waals surface area contributed by atoms with Gasteiger partial charge < -0.3 is 15.4 Å². The summed E-state index contributed by atoms with van der Waals surface area (Å²) in [5.74, 6) is 0.190. The maximum atomic E-state index is 11.4. The van der Waals surface area contributed by atoms with Crippen LogP contribution in [0.2, 0.25) is 0 Å². The van der Waals surface area contributed by atoms with Crippen molar-refractivity contribution in [3.05, 3.63) is 0 Å². The molecule has 0 aliphatic heterocycles. The monoisotopic (exact) mass is 242 g/mol. The van der Waals surface area contributed by atoms with E-state index in [1.165, 1.54) is 19.3 Å². The molecule has 1 fully saturated rings. The van der Waals surface area contributed by atoms with Crippen LogP contribution in [0.3, 0.4) is 0 Å². The van der Waals surface area contributed by atoms with Gasteiger partial charge in [-0.2, -0.15) is 0 Å². The Labute approximate surface area is 104 Å². The van der Waals surface area contributed by atoms with Crippen LogP contribution in [-0.4, -0.2) is 38.3 Å². The first-order valence-electron chi connectivity index (χ1n) is 6.69. The summed E-state index contributed by atoms with van der Waals surface area (Å²) in [6.07, 6.45) is 5.20. The van der Waals surface area contributed by atoms with E-state index < -0.39 is 0 Å². The lowest BCUT2D eigenvalue weighted by atomic mass is 9.92. The minimum atomic E-state index is 0.0661. The maximum absolute atomic E-state index is 11.4. The predicted molar refractivity (Wildman–Crippen MR) is 68.9 cm³/mol. The van der Waals surface area contributed by atoms with Crippen LogP contribution in [0.1, 0.15) is 39.5 Å². The average molecular weight is 242 g/mol.